The van der Waals surface area contributed by atoms with E-state index in [1.807, 2.05) is 0 Å². The van der Waals surface area contributed by atoms with Crippen molar-refractivity contribution in [1.29, 1.82) is 0 Å². The van der Waals surface area contributed by atoms with Crippen LogP contribution in [0, 0.1) is 0 Å². The lowest BCUT2D eigenvalue weighted by Gasteiger charge is -2.21. The molecule has 0 aromatic heterocycles. The van der Waals surface area contributed by atoms with Crippen molar-refractivity contribution in [2.45, 2.75) is 19.9 Å². The van der Waals surface area contributed by atoms with Crippen molar-refractivity contribution in [2.75, 3.05) is 5.32 Å². The Balaban J connectivity index is 2.25. The van der Waals surface area contributed by atoms with Crippen LogP contribution in [0.5, 0.6) is 0 Å². The maximum absolute atomic E-state index is 11.3. The van der Waals surface area contributed by atoms with Crippen molar-refractivity contribution < 1.29 is 14.4 Å². The lowest BCUT2D eigenvalue weighted by Crippen LogP contribution is -2.48. The topological polar surface area (TPSA) is 99.7 Å². The summed E-state index contributed by atoms with van der Waals surface area (Å²) in [7, 11) is 0. The van der Waals surface area contributed by atoms with Gasteiger partial charge < -0.3 is 10.6 Å². The van der Waals surface area contributed by atoms with Gasteiger partial charge in [0, 0.05) is 12.5 Å². The number of ketones is 1. The number of hydrazone groups is 1. The third-order valence-corrected chi connectivity index (χ3v) is 3.18. The third-order valence-electron chi connectivity index (χ3n) is 2.87. The van der Waals surface area contributed by atoms with Crippen LogP contribution < -0.4 is 16.1 Å². The van der Waals surface area contributed by atoms with Crippen molar-refractivity contribution in [1.82, 2.24) is 10.7 Å². The number of hydrogen-bond donors (Lipinski definition) is 3. The summed E-state index contributed by atoms with van der Waals surface area (Å²) in [5.74, 6) is -1.34. The van der Waals surface area contributed by atoms with Crippen molar-refractivity contribution in [3.63, 3.8) is 0 Å². The van der Waals surface area contributed by atoms with E-state index in [2.05, 4.69) is 21.2 Å². The highest BCUT2D eigenvalue weighted by Gasteiger charge is 2.21. The van der Waals surface area contributed by atoms with Crippen molar-refractivity contribution >= 4 is 40.7 Å². The van der Waals surface area contributed by atoms with Crippen LogP contribution in [0.2, 0.25) is 5.02 Å². The quantitative estimate of drug-likeness (QED) is 0.733. The van der Waals surface area contributed by atoms with E-state index in [1.54, 1.807) is 25.1 Å². The zero-order chi connectivity index (χ0) is 15.6. The molecule has 8 heteroatoms. The first-order chi connectivity index (χ1) is 9.88. The Morgan fingerprint density at radius 3 is 2.67 bits per heavy atom. The van der Waals surface area contributed by atoms with E-state index in [0.717, 1.165) is 0 Å². The molecule has 1 heterocycles. The number of halogens is 1. The SMILES string of the molecule is CC(=O)C(=O)Nc1ccc(C2=NNC(=O)NC2C)cc1Cl. The molecule has 1 aliphatic rings. The molecule has 1 aromatic rings. The standard InChI is InChI=1S/C13H13ClN4O3/c1-6-11(17-18-13(21)15-6)8-3-4-10(9(14)5-8)16-12(20)7(2)19/h3-6H,1-2H3,(H,16,20)(H2,15,18,21). The molecule has 3 amide bonds. The van der Waals surface area contributed by atoms with Gasteiger partial charge in [-0.2, -0.15) is 5.10 Å². The van der Waals surface area contributed by atoms with E-state index in [-0.39, 0.29) is 17.1 Å². The average molecular weight is 309 g/mol. The van der Waals surface area contributed by atoms with Crippen LogP contribution in [0.15, 0.2) is 23.3 Å². The first kappa shape index (κ1) is 15.0. The molecular weight excluding hydrogens is 296 g/mol. The highest BCUT2D eigenvalue weighted by molar-refractivity contribution is 6.41. The van der Waals surface area contributed by atoms with E-state index < -0.39 is 11.7 Å². The fourth-order valence-electron chi connectivity index (χ4n) is 1.81. The lowest BCUT2D eigenvalue weighted by molar-refractivity contribution is -0.133. The van der Waals surface area contributed by atoms with Gasteiger partial charge in [-0.3, -0.25) is 9.59 Å². The lowest BCUT2D eigenvalue weighted by atomic mass is 10.0. The molecule has 0 fully saturated rings. The van der Waals surface area contributed by atoms with Crippen LogP contribution in [-0.4, -0.2) is 29.5 Å². The summed E-state index contributed by atoms with van der Waals surface area (Å²) in [6.45, 7) is 2.96. The second-order valence-corrected chi connectivity index (χ2v) is 4.92. The Hall–Kier alpha value is -2.41. The summed E-state index contributed by atoms with van der Waals surface area (Å²) in [4.78, 5) is 33.4. The fraction of sp³-hybridized carbons (Fsp3) is 0.231. The molecule has 7 nitrogen and oxygen atoms in total. The molecule has 1 atom stereocenters. The summed E-state index contributed by atoms with van der Waals surface area (Å²) in [6, 6.07) is 4.22. The fourth-order valence-corrected chi connectivity index (χ4v) is 2.03. The molecule has 3 N–H and O–H groups in total. The van der Waals surface area contributed by atoms with Gasteiger partial charge in [-0.15, -0.1) is 0 Å². The summed E-state index contributed by atoms with van der Waals surface area (Å²) >= 11 is 6.08. The van der Waals surface area contributed by atoms with Crippen LogP contribution in [0.25, 0.3) is 0 Å². The maximum Gasteiger partial charge on any atom is 0.335 e. The zero-order valence-electron chi connectivity index (χ0n) is 11.4. The summed E-state index contributed by atoms with van der Waals surface area (Å²) in [6.07, 6.45) is 0. The summed E-state index contributed by atoms with van der Waals surface area (Å²) in [5, 5.41) is 9.33. The number of carbonyl (C=O) groups excluding carboxylic acids is 3. The number of benzene rings is 1. The normalized spacial score (nSPS) is 17.4. The first-order valence-corrected chi connectivity index (χ1v) is 6.52. The average Bonchev–Trinajstić information content (AvgIpc) is 2.41. The van der Waals surface area contributed by atoms with Gasteiger partial charge in [0.05, 0.1) is 22.5 Å². The highest BCUT2D eigenvalue weighted by Crippen LogP contribution is 2.24. The number of hydrogen-bond acceptors (Lipinski definition) is 4. The summed E-state index contributed by atoms with van der Waals surface area (Å²) in [5.41, 5.74) is 3.96. The molecule has 21 heavy (non-hydrogen) atoms. The van der Waals surface area contributed by atoms with E-state index in [4.69, 9.17) is 11.6 Å². The van der Waals surface area contributed by atoms with E-state index in [1.165, 1.54) is 6.92 Å². The molecular formula is C13H13ClN4O3. The molecule has 0 aliphatic carbocycles. The van der Waals surface area contributed by atoms with Gasteiger partial charge in [0.1, 0.15) is 0 Å². The van der Waals surface area contributed by atoms with Crippen LogP contribution >= 0.6 is 11.6 Å². The molecule has 0 saturated carbocycles. The van der Waals surface area contributed by atoms with Gasteiger partial charge in [-0.05, 0) is 19.1 Å². The van der Waals surface area contributed by atoms with E-state index in [9.17, 15) is 14.4 Å². The first-order valence-electron chi connectivity index (χ1n) is 6.14. The molecule has 1 aliphatic heterocycles. The number of urea groups is 1. The monoisotopic (exact) mass is 308 g/mol. The maximum atomic E-state index is 11.3. The third kappa shape index (κ3) is 3.38. The Morgan fingerprint density at radius 1 is 1.38 bits per heavy atom. The minimum atomic E-state index is -0.734. The number of carbonyl (C=O) groups is 3. The van der Waals surface area contributed by atoms with Gasteiger partial charge in [-0.1, -0.05) is 17.7 Å². The second kappa shape index (κ2) is 5.92. The van der Waals surface area contributed by atoms with Crippen LogP contribution in [0.4, 0.5) is 10.5 Å². The van der Waals surface area contributed by atoms with Crippen LogP contribution in [0.1, 0.15) is 19.4 Å². The Morgan fingerprint density at radius 2 is 2.10 bits per heavy atom. The number of amides is 3. The molecule has 0 radical (unpaired) electrons. The Bertz CT molecular complexity index is 657. The highest BCUT2D eigenvalue weighted by atomic mass is 35.5. The molecule has 1 aromatic carbocycles. The molecule has 0 bridgehead atoms. The predicted octanol–water partition coefficient (Wildman–Crippen LogP) is 1.27. The number of Topliss-reactive ketones (excluding diaryl/α,β-unsaturated/α-hetero) is 1. The van der Waals surface area contributed by atoms with E-state index in [0.29, 0.717) is 17.0 Å². The molecule has 0 spiro atoms. The Kier molecular flexibility index (Phi) is 4.23. The van der Waals surface area contributed by atoms with Gasteiger partial charge >= 0.3 is 6.03 Å². The van der Waals surface area contributed by atoms with Gasteiger partial charge in [0.2, 0.25) is 5.78 Å². The van der Waals surface area contributed by atoms with Crippen molar-refractivity contribution in [2.24, 2.45) is 5.10 Å². The number of nitrogens with one attached hydrogen (secondary N) is 3. The number of rotatable bonds is 3. The zero-order valence-corrected chi connectivity index (χ0v) is 12.1. The number of nitrogens with zero attached hydrogens (tertiary/aromatic N) is 1. The second-order valence-electron chi connectivity index (χ2n) is 4.51. The van der Waals surface area contributed by atoms with Crippen LogP contribution in [-0.2, 0) is 9.59 Å². The molecule has 2 rings (SSSR count). The predicted molar refractivity (Wildman–Crippen MR) is 78.4 cm³/mol. The van der Waals surface area contributed by atoms with Crippen molar-refractivity contribution in [3.05, 3.63) is 28.8 Å². The van der Waals surface area contributed by atoms with Gasteiger partial charge in [-0.25, -0.2) is 10.2 Å². The molecule has 0 saturated heterocycles. The number of anilines is 1. The van der Waals surface area contributed by atoms with Gasteiger partial charge in [0.15, 0.2) is 0 Å². The van der Waals surface area contributed by atoms with E-state index >= 15 is 0 Å². The largest absolute Gasteiger partial charge is 0.335 e. The molecule has 110 valence electrons. The minimum Gasteiger partial charge on any atom is -0.328 e. The Labute approximate surface area is 125 Å². The summed E-state index contributed by atoms with van der Waals surface area (Å²) < 4.78 is 0. The minimum absolute atomic E-state index is 0.271. The van der Waals surface area contributed by atoms with Crippen molar-refractivity contribution in [3.8, 4) is 0 Å². The van der Waals surface area contributed by atoms with Gasteiger partial charge in [0.25, 0.3) is 5.91 Å². The smallest absolute Gasteiger partial charge is 0.328 e. The van der Waals surface area contributed by atoms with Crippen LogP contribution in [0.3, 0.4) is 0 Å². The molecule has 1 unspecified atom stereocenters.